The maximum Gasteiger partial charge on any atom is 0.243 e. The number of ether oxygens (including phenoxy) is 1. The van der Waals surface area contributed by atoms with Crippen LogP contribution in [0.2, 0.25) is 0 Å². The van der Waals surface area contributed by atoms with Gasteiger partial charge in [-0.1, -0.05) is 25.1 Å². The zero-order valence-corrected chi connectivity index (χ0v) is 18.2. The molecular formula is C18H31IN4O2. The van der Waals surface area contributed by atoms with E-state index in [1.807, 2.05) is 18.2 Å². The fourth-order valence-corrected chi connectivity index (χ4v) is 2.00. The van der Waals surface area contributed by atoms with Crippen molar-refractivity contribution in [1.29, 1.82) is 0 Å². The molecule has 0 aromatic heterocycles. The quantitative estimate of drug-likeness (QED) is 0.354. The molecule has 0 saturated heterocycles. The van der Waals surface area contributed by atoms with Crippen molar-refractivity contribution in [3.05, 3.63) is 29.8 Å². The number of guanidine groups is 1. The zero-order chi connectivity index (χ0) is 17.9. The molecule has 25 heavy (non-hydrogen) atoms. The van der Waals surface area contributed by atoms with Gasteiger partial charge in [0, 0.05) is 26.7 Å². The average molecular weight is 462 g/mol. The molecule has 142 valence electrons. The molecular weight excluding hydrogens is 431 g/mol. The molecule has 0 aliphatic carbocycles. The lowest BCUT2D eigenvalue weighted by Gasteiger charge is -2.18. The minimum atomic E-state index is -0.0232. The minimum Gasteiger partial charge on any atom is -0.496 e. The van der Waals surface area contributed by atoms with Gasteiger partial charge < -0.3 is 20.3 Å². The van der Waals surface area contributed by atoms with Gasteiger partial charge >= 0.3 is 0 Å². The third-order valence-electron chi connectivity index (χ3n) is 3.75. The van der Waals surface area contributed by atoms with E-state index >= 15 is 0 Å². The Bertz CT molecular complexity index is 550. The van der Waals surface area contributed by atoms with E-state index in [1.54, 1.807) is 26.1 Å². The van der Waals surface area contributed by atoms with Gasteiger partial charge in [0.05, 0.1) is 7.11 Å². The van der Waals surface area contributed by atoms with E-state index in [2.05, 4.69) is 35.5 Å². The van der Waals surface area contributed by atoms with Crippen LogP contribution in [0.5, 0.6) is 5.75 Å². The summed E-state index contributed by atoms with van der Waals surface area (Å²) in [6, 6.07) is 8.25. The van der Waals surface area contributed by atoms with Crippen molar-refractivity contribution in [2.45, 2.75) is 32.7 Å². The fraction of sp³-hybridized carbons (Fsp3) is 0.556. The van der Waals surface area contributed by atoms with Crippen LogP contribution in [-0.4, -0.2) is 57.1 Å². The number of nitrogens with one attached hydrogen (secondary N) is 2. The summed E-state index contributed by atoms with van der Waals surface area (Å²) in [4.78, 5) is 17.6. The Hall–Kier alpha value is -1.51. The Morgan fingerprint density at radius 3 is 2.60 bits per heavy atom. The Balaban J connectivity index is 0.00000576. The van der Waals surface area contributed by atoms with Gasteiger partial charge in [0.25, 0.3) is 0 Å². The van der Waals surface area contributed by atoms with Crippen molar-refractivity contribution in [2.75, 3.05) is 34.3 Å². The first-order chi connectivity index (χ1) is 11.5. The molecule has 0 heterocycles. The van der Waals surface area contributed by atoms with E-state index in [1.165, 1.54) is 0 Å². The molecule has 0 fully saturated rings. The van der Waals surface area contributed by atoms with Gasteiger partial charge in [-0.3, -0.25) is 4.79 Å². The Kier molecular flexibility index (Phi) is 12.0. The first-order valence-corrected chi connectivity index (χ1v) is 8.34. The second-order valence-electron chi connectivity index (χ2n) is 5.90. The maximum absolute atomic E-state index is 11.7. The number of carbonyl (C=O) groups excluding carboxylic acids is 1. The van der Waals surface area contributed by atoms with Crippen molar-refractivity contribution in [3.63, 3.8) is 0 Å². The predicted molar refractivity (Wildman–Crippen MR) is 114 cm³/mol. The normalized spacial score (nSPS) is 12.0. The summed E-state index contributed by atoms with van der Waals surface area (Å²) in [6.07, 6.45) is 1.79. The molecule has 0 spiro atoms. The van der Waals surface area contributed by atoms with Crippen molar-refractivity contribution in [2.24, 2.45) is 4.99 Å². The standard InChI is InChI=1S/C18H30N4O2.HI/c1-6-14(2)21-18(20-13-17(23)22(3)4)19-12-11-15-9-7-8-10-16(15)24-5;/h7-10,14H,6,11-13H2,1-5H3,(H2,19,20,21);1H. The lowest BCUT2D eigenvalue weighted by atomic mass is 10.1. The summed E-state index contributed by atoms with van der Waals surface area (Å²) in [5, 5.41) is 6.60. The largest absolute Gasteiger partial charge is 0.496 e. The van der Waals surface area contributed by atoms with Gasteiger partial charge in [0.1, 0.15) is 12.3 Å². The summed E-state index contributed by atoms with van der Waals surface area (Å²) >= 11 is 0. The molecule has 0 aliphatic heterocycles. The van der Waals surface area contributed by atoms with E-state index in [9.17, 15) is 4.79 Å². The molecule has 1 aromatic carbocycles. The molecule has 1 rings (SSSR count). The monoisotopic (exact) mass is 462 g/mol. The Morgan fingerprint density at radius 2 is 2.00 bits per heavy atom. The number of halogens is 1. The van der Waals surface area contributed by atoms with Crippen LogP contribution in [0.4, 0.5) is 0 Å². The third-order valence-corrected chi connectivity index (χ3v) is 3.75. The minimum absolute atomic E-state index is 0. The third kappa shape index (κ3) is 8.94. The van der Waals surface area contributed by atoms with Gasteiger partial charge in [-0.25, -0.2) is 4.99 Å². The molecule has 1 amide bonds. The van der Waals surface area contributed by atoms with Crippen molar-refractivity contribution in [3.8, 4) is 5.75 Å². The predicted octanol–water partition coefficient (Wildman–Crippen LogP) is 2.28. The van der Waals surface area contributed by atoms with Crippen molar-refractivity contribution in [1.82, 2.24) is 15.5 Å². The van der Waals surface area contributed by atoms with Gasteiger partial charge in [0.15, 0.2) is 5.96 Å². The van der Waals surface area contributed by atoms with E-state index in [4.69, 9.17) is 4.74 Å². The molecule has 0 bridgehead atoms. The van der Waals surface area contributed by atoms with E-state index in [0.717, 1.165) is 24.2 Å². The molecule has 1 atom stereocenters. The number of nitrogens with zero attached hydrogens (tertiary/aromatic N) is 2. The Labute approximate surface area is 168 Å². The lowest BCUT2D eigenvalue weighted by molar-refractivity contribution is -0.127. The molecule has 1 unspecified atom stereocenters. The summed E-state index contributed by atoms with van der Waals surface area (Å²) in [7, 11) is 5.14. The first-order valence-electron chi connectivity index (χ1n) is 8.34. The Morgan fingerprint density at radius 1 is 1.32 bits per heavy atom. The summed E-state index contributed by atoms with van der Waals surface area (Å²) in [5.41, 5.74) is 1.14. The number of hydrogen-bond acceptors (Lipinski definition) is 3. The van der Waals surface area contributed by atoms with Crippen molar-refractivity contribution < 1.29 is 9.53 Å². The van der Waals surface area contributed by atoms with Gasteiger partial charge in [-0.15, -0.1) is 24.0 Å². The summed E-state index contributed by atoms with van der Waals surface area (Å²) < 4.78 is 5.37. The number of carbonyl (C=O) groups is 1. The molecule has 7 heteroatoms. The number of amides is 1. The molecule has 0 radical (unpaired) electrons. The highest BCUT2D eigenvalue weighted by Gasteiger charge is 2.07. The molecule has 0 saturated carbocycles. The van der Waals surface area contributed by atoms with E-state index < -0.39 is 0 Å². The second-order valence-corrected chi connectivity index (χ2v) is 5.90. The van der Waals surface area contributed by atoms with Crippen LogP contribution in [-0.2, 0) is 11.2 Å². The number of rotatable bonds is 8. The van der Waals surface area contributed by atoms with Crippen LogP contribution < -0.4 is 15.4 Å². The highest BCUT2D eigenvalue weighted by molar-refractivity contribution is 14.0. The topological polar surface area (TPSA) is 66.0 Å². The number of benzene rings is 1. The van der Waals surface area contributed by atoms with E-state index in [0.29, 0.717) is 12.5 Å². The highest BCUT2D eigenvalue weighted by Crippen LogP contribution is 2.17. The van der Waals surface area contributed by atoms with Crippen LogP contribution in [0.15, 0.2) is 29.3 Å². The summed E-state index contributed by atoms with van der Waals surface area (Å²) in [5.74, 6) is 1.52. The van der Waals surface area contributed by atoms with Crippen LogP contribution in [0.25, 0.3) is 0 Å². The number of para-hydroxylation sites is 1. The molecule has 1 aromatic rings. The number of aliphatic imine (C=N–C) groups is 1. The van der Waals surface area contributed by atoms with Crippen LogP contribution in [0, 0.1) is 0 Å². The van der Waals surface area contributed by atoms with Gasteiger partial charge in [0.2, 0.25) is 5.91 Å². The molecule has 6 nitrogen and oxygen atoms in total. The number of hydrogen-bond donors (Lipinski definition) is 2. The fourth-order valence-electron chi connectivity index (χ4n) is 2.00. The first kappa shape index (κ1) is 23.5. The number of methoxy groups -OCH3 is 1. The van der Waals surface area contributed by atoms with Crippen LogP contribution >= 0.6 is 24.0 Å². The van der Waals surface area contributed by atoms with Crippen LogP contribution in [0.3, 0.4) is 0 Å². The molecule has 2 N–H and O–H groups in total. The zero-order valence-electron chi connectivity index (χ0n) is 15.8. The summed E-state index contributed by atoms with van der Waals surface area (Å²) in [6.45, 7) is 5.03. The van der Waals surface area contributed by atoms with Crippen molar-refractivity contribution >= 4 is 35.8 Å². The van der Waals surface area contributed by atoms with E-state index in [-0.39, 0.29) is 42.5 Å². The van der Waals surface area contributed by atoms with Crippen LogP contribution in [0.1, 0.15) is 25.8 Å². The SMILES string of the molecule is CCC(C)NC(=NCC(=O)N(C)C)NCCc1ccccc1OC.I. The van der Waals surface area contributed by atoms with Gasteiger partial charge in [-0.2, -0.15) is 0 Å². The molecule has 0 aliphatic rings. The maximum atomic E-state index is 11.7. The average Bonchev–Trinajstić information content (AvgIpc) is 2.59. The highest BCUT2D eigenvalue weighted by atomic mass is 127. The second kappa shape index (κ2) is 12.8. The lowest BCUT2D eigenvalue weighted by Crippen LogP contribution is -2.43. The smallest absolute Gasteiger partial charge is 0.243 e. The number of likely N-dealkylation sites (N-methyl/N-ethyl adjacent to an activating group) is 1. The van der Waals surface area contributed by atoms with Gasteiger partial charge in [-0.05, 0) is 31.4 Å².